The molecular weight excluding hydrogens is 517 g/mol. The number of fused-ring (bicyclic) bond motifs is 4. The molecule has 0 spiro atoms. The molecule has 39 heavy (non-hydrogen) atoms. The minimum absolute atomic E-state index is 0.112. The number of phosphoric ester groups is 1. The van der Waals surface area contributed by atoms with Gasteiger partial charge in [0.15, 0.2) is 0 Å². The lowest BCUT2D eigenvalue weighted by atomic mass is 10.1. The fourth-order valence-corrected chi connectivity index (χ4v) is 6.53. The largest absolute Gasteiger partial charge is 0.497 e. The third-order valence-corrected chi connectivity index (χ3v) is 8.18. The third kappa shape index (κ3) is 5.34. The Balaban J connectivity index is 1.71. The van der Waals surface area contributed by atoms with Crippen LogP contribution in [0, 0.1) is 0 Å². The molecule has 0 aliphatic carbocycles. The zero-order chi connectivity index (χ0) is 28.3. The lowest BCUT2D eigenvalue weighted by Crippen LogP contribution is -2.25. The van der Waals surface area contributed by atoms with Gasteiger partial charge in [-0.05, 0) is 65.8 Å². The molecule has 1 aromatic carbocycles. The molecule has 4 heterocycles. The van der Waals surface area contributed by atoms with Crippen molar-refractivity contribution in [3.05, 3.63) is 42.9 Å². The number of benzene rings is 1. The number of pyridine rings is 1. The smallest absolute Gasteiger partial charge is 0.477 e. The summed E-state index contributed by atoms with van der Waals surface area (Å²) in [5.74, 6) is 0.752. The summed E-state index contributed by atoms with van der Waals surface area (Å²) in [6, 6.07) is 8.05. The first kappa shape index (κ1) is 27.4. The number of hydrogen-bond acceptors (Lipinski definition) is 7. The van der Waals surface area contributed by atoms with Gasteiger partial charge >= 0.3 is 7.82 Å². The van der Waals surface area contributed by atoms with E-state index in [2.05, 4.69) is 21.9 Å². The molecule has 0 radical (unpaired) electrons. The van der Waals surface area contributed by atoms with Gasteiger partial charge in [0.1, 0.15) is 18.1 Å². The van der Waals surface area contributed by atoms with Crippen molar-refractivity contribution in [2.45, 2.75) is 59.5 Å². The summed E-state index contributed by atoms with van der Waals surface area (Å²) >= 11 is 0. The van der Waals surface area contributed by atoms with Gasteiger partial charge in [-0.3, -0.25) is 18.3 Å². The normalized spacial score (nSPS) is 13.3. The molecular formula is C28H36N5O5P. The summed E-state index contributed by atoms with van der Waals surface area (Å²) in [4.78, 5) is 4.77. The van der Waals surface area contributed by atoms with Crippen LogP contribution in [0.2, 0.25) is 0 Å². The van der Waals surface area contributed by atoms with Gasteiger partial charge in [0.05, 0.1) is 35.7 Å². The van der Waals surface area contributed by atoms with E-state index in [1.165, 1.54) is 0 Å². The highest BCUT2D eigenvalue weighted by Crippen LogP contribution is 2.56. The quantitative estimate of drug-likeness (QED) is 0.205. The van der Waals surface area contributed by atoms with Gasteiger partial charge in [-0.25, -0.2) is 9.55 Å². The highest BCUT2D eigenvalue weighted by atomic mass is 31.2. The molecule has 11 heteroatoms. The van der Waals surface area contributed by atoms with Crippen LogP contribution in [0.15, 0.2) is 42.9 Å². The van der Waals surface area contributed by atoms with Gasteiger partial charge in [-0.2, -0.15) is 5.10 Å². The van der Waals surface area contributed by atoms with Crippen LogP contribution in [0.3, 0.4) is 0 Å². The van der Waals surface area contributed by atoms with Crippen LogP contribution in [0.25, 0.3) is 44.1 Å². The van der Waals surface area contributed by atoms with E-state index >= 15 is 0 Å². The molecule has 10 nitrogen and oxygen atoms in total. The van der Waals surface area contributed by atoms with Crippen molar-refractivity contribution in [2.24, 2.45) is 14.1 Å². The summed E-state index contributed by atoms with van der Waals surface area (Å²) < 4.78 is 43.1. The molecule has 0 aliphatic heterocycles. The van der Waals surface area contributed by atoms with E-state index in [4.69, 9.17) is 23.3 Å². The van der Waals surface area contributed by atoms with E-state index in [1.54, 1.807) is 19.5 Å². The summed E-state index contributed by atoms with van der Waals surface area (Å²) in [5.41, 5.74) is 2.92. The van der Waals surface area contributed by atoms with Gasteiger partial charge < -0.3 is 13.9 Å². The maximum atomic E-state index is 13.9. The summed E-state index contributed by atoms with van der Waals surface area (Å²) in [6.07, 6.45) is 5.64. The molecule has 0 unspecified atom stereocenters. The van der Waals surface area contributed by atoms with Crippen molar-refractivity contribution in [2.75, 3.05) is 7.11 Å². The van der Waals surface area contributed by atoms with Crippen LogP contribution in [-0.2, 0) is 39.0 Å². The van der Waals surface area contributed by atoms with E-state index in [0.717, 1.165) is 44.2 Å². The van der Waals surface area contributed by atoms with Crippen molar-refractivity contribution in [3.63, 3.8) is 0 Å². The number of phosphoric acid groups is 1. The molecule has 0 bridgehead atoms. The fraction of sp³-hybridized carbons (Fsp3) is 0.429. The summed E-state index contributed by atoms with van der Waals surface area (Å²) in [5, 5.41) is 7.25. The maximum absolute atomic E-state index is 13.9. The SMILES string of the molecule is COc1ccc2c(c1)c(-c1cc3c4c(cnc3n1COP(=O)(OC(C)(C)C)OC(C)(C)C)cnn4C)cn2C. The Labute approximate surface area is 228 Å². The second kappa shape index (κ2) is 9.48. The fourth-order valence-electron chi connectivity index (χ4n) is 4.79. The average molecular weight is 554 g/mol. The molecule has 5 rings (SSSR count). The monoisotopic (exact) mass is 553 g/mol. The molecule has 0 amide bonds. The van der Waals surface area contributed by atoms with E-state index in [1.807, 2.05) is 83.1 Å². The number of nitrogens with zero attached hydrogens (tertiary/aromatic N) is 5. The van der Waals surface area contributed by atoms with Crippen LogP contribution >= 0.6 is 7.82 Å². The number of methoxy groups -OCH3 is 1. The second-order valence-electron chi connectivity index (χ2n) is 11.7. The van der Waals surface area contributed by atoms with E-state index in [0.29, 0.717) is 5.65 Å². The second-order valence-corrected chi connectivity index (χ2v) is 13.2. The predicted molar refractivity (Wildman–Crippen MR) is 153 cm³/mol. The van der Waals surface area contributed by atoms with Crippen LogP contribution in [0.4, 0.5) is 0 Å². The molecule has 5 aromatic rings. The van der Waals surface area contributed by atoms with Crippen molar-refractivity contribution >= 4 is 40.7 Å². The molecule has 0 saturated heterocycles. The molecule has 208 valence electrons. The van der Waals surface area contributed by atoms with E-state index in [-0.39, 0.29) is 6.73 Å². The Bertz CT molecular complexity index is 1710. The molecule has 0 aliphatic rings. The Hall–Kier alpha value is -3.17. The number of rotatable bonds is 7. The van der Waals surface area contributed by atoms with Crippen molar-refractivity contribution in [1.29, 1.82) is 0 Å². The van der Waals surface area contributed by atoms with E-state index < -0.39 is 19.0 Å². The van der Waals surface area contributed by atoms with Gasteiger partial charge in [-0.15, -0.1) is 0 Å². The Morgan fingerprint density at radius 1 is 0.949 bits per heavy atom. The third-order valence-electron chi connectivity index (χ3n) is 6.21. The molecule has 0 fully saturated rings. The lowest BCUT2D eigenvalue weighted by Gasteiger charge is -2.31. The number of aryl methyl sites for hydroxylation is 2. The maximum Gasteiger partial charge on any atom is 0.477 e. The van der Waals surface area contributed by atoms with Gasteiger partial charge in [0.2, 0.25) is 0 Å². The van der Waals surface area contributed by atoms with Crippen LogP contribution in [0.5, 0.6) is 5.75 Å². The Morgan fingerprint density at radius 2 is 1.64 bits per heavy atom. The van der Waals surface area contributed by atoms with Crippen molar-refractivity contribution in [3.8, 4) is 17.0 Å². The highest BCUT2D eigenvalue weighted by molar-refractivity contribution is 7.48. The zero-order valence-corrected chi connectivity index (χ0v) is 24.9. The van der Waals surface area contributed by atoms with Crippen LogP contribution in [-0.4, -0.2) is 42.2 Å². The highest BCUT2D eigenvalue weighted by Gasteiger charge is 2.37. The number of hydrogen-bond donors (Lipinski definition) is 0. The predicted octanol–water partition coefficient (Wildman–Crippen LogP) is 6.80. The lowest BCUT2D eigenvalue weighted by molar-refractivity contribution is -0.00549. The van der Waals surface area contributed by atoms with Crippen LogP contribution < -0.4 is 4.74 Å². The van der Waals surface area contributed by atoms with Crippen LogP contribution in [0.1, 0.15) is 41.5 Å². The Morgan fingerprint density at radius 3 is 2.28 bits per heavy atom. The average Bonchev–Trinajstić information content (AvgIpc) is 3.47. The minimum Gasteiger partial charge on any atom is -0.497 e. The van der Waals surface area contributed by atoms with Gasteiger partial charge in [-0.1, -0.05) is 0 Å². The van der Waals surface area contributed by atoms with Gasteiger partial charge in [0, 0.05) is 53.7 Å². The summed E-state index contributed by atoms with van der Waals surface area (Å²) in [7, 11) is 1.57. The first-order chi connectivity index (χ1) is 18.2. The van der Waals surface area contributed by atoms with Crippen molar-refractivity contribution in [1.82, 2.24) is 23.9 Å². The molecule has 0 atom stereocenters. The minimum atomic E-state index is -3.99. The van der Waals surface area contributed by atoms with E-state index in [9.17, 15) is 4.57 Å². The first-order valence-corrected chi connectivity index (χ1v) is 14.2. The standard InChI is InChI=1S/C28H36N5O5P/c1-27(2,3)37-39(34,38-28(4,5)6)36-17-33-24(13-21-25-18(14-29-26(21)33)15-30-32(25)8)22-16-31(7)23-11-10-19(35-9)12-20(22)23/h10-16H,17H2,1-9H3. The topological polar surface area (TPSA) is 94.6 Å². The molecule has 4 aromatic heterocycles. The number of aromatic nitrogens is 5. The first-order valence-electron chi connectivity index (χ1n) is 12.8. The number of ether oxygens (including phenoxy) is 1. The molecule has 0 N–H and O–H groups in total. The Kier molecular flexibility index (Phi) is 6.66. The van der Waals surface area contributed by atoms with Crippen molar-refractivity contribution < 1.29 is 22.9 Å². The summed E-state index contributed by atoms with van der Waals surface area (Å²) in [6.45, 7) is 10.8. The molecule has 0 saturated carbocycles. The zero-order valence-electron chi connectivity index (χ0n) is 24.0. The van der Waals surface area contributed by atoms with Gasteiger partial charge in [0.25, 0.3) is 0 Å².